The van der Waals surface area contributed by atoms with Crippen molar-refractivity contribution in [1.29, 1.82) is 0 Å². The number of hydrogen-bond donors (Lipinski definition) is 1. The summed E-state index contributed by atoms with van der Waals surface area (Å²) in [5.41, 5.74) is -0.455. The van der Waals surface area contributed by atoms with E-state index in [0.717, 1.165) is 11.3 Å². The average molecular weight is 429 g/mol. The largest absolute Gasteiger partial charge is 0.497 e. The molecule has 0 aliphatic rings. The average Bonchev–Trinajstić information content (AvgIpc) is 2.52. The Kier molecular flexibility index (Phi) is 6.13. The molecule has 0 radical (unpaired) electrons. The van der Waals surface area contributed by atoms with E-state index < -0.39 is 21.2 Å². The van der Waals surface area contributed by atoms with Crippen molar-refractivity contribution in [1.82, 2.24) is 0 Å². The molecule has 0 heterocycles. The highest BCUT2D eigenvalue weighted by Crippen LogP contribution is 2.30. The normalized spacial score (nSPS) is 12.0. The maximum Gasteiger partial charge on any atom is 0.184 e. The number of benzene rings is 2. The van der Waals surface area contributed by atoms with E-state index in [4.69, 9.17) is 9.47 Å². The van der Waals surface area contributed by atoms with Gasteiger partial charge in [-0.15, -0.1) is 0 Å². The number of ether oxygens (including phenoxy) is 2. The fraction of sp³-hybridized carbons (Fsp3) is 0.333. The van der Waals surface area contributed by atoms with Gasteiger partial charge in [-0.25, -0.2) is 8.42 Å². The molecular formula is C18H21BrO5S. The predicted octanol–water partition coefficient (Wildman–Crippen LogP) is 3.58. The fourth-order valence-corrected chi connectivity index (χ4v) is 4.61. The minimum atomic E-state index is -3.71. The molecule has 25 heavy (non-hydrogen) atoms. The van der Waals surface area contributed by atoms with Crippen LogP contribution in [0.3, 0.4) is 0 Å². The van der Waals surface area contributed by atoms with Crippen molar-refractivity contribution in [3.05, 3.63) is 52.5 Å². The standard InChI is InChI=1S/C18H21BrO5S/c1-18(2,20)12-25(21,22)17-10-14(19)6-9-16(17)24-11-13-4-7-15(23-3)8-5-13/h4-10,20H,11-12H2,1-3H3. The molecule has 0 saturated heterocycles. The Hall–Kier alpha value is -1.57. The summed E-state index contributed by atoms with van der Waals surface area (Å²) in [6, 6.07) is 12.1. The molecule has 5 nitrogen and oxygen atoms in total. The third-order valence-corrected chi connectivity index (χ3v) is 5.91. The highest BCUT2D eigenvalue weighted by atomic mass is 79.9. The van der Waals surface area contributed by atoms with Gasteiger partial charge in [0, 0.05) is 4.47 Å². The van der Waals surface area contributed by atoms with Crippen molar-refractivity contribution in [2.45, 2.75) is 31.0 Å². The highest BCUT2D eigenvalue weighted by Gasteiger charge is 2.28. The maximum absolute atomic E-state index is 12.6. The first-order valence-corrected chi connectivity index (χ1v) is 10.1. The zero-order valence-corrected chi connectivity index (χ0v) is 16.7. The van der Waals surface area contributed by atoms with Crippen LogP contribution in [0, 0.1) is 0 Å². The van der Waals surface area contributed by atoms with Crippen LogP contribution in [-0.2, 0) is 16.4 Å². The first-order valence-electron chi connectivity index (χ1n) is 7.61. The summed E-state index contributed by atoms with van der Waals surface area (Å²) >= 11 is 3.28. The smallest absolute Gasteiger partial charge is 0.184 e. The molecule has 136 valence electrons. The zero-order chi connectivity index (χ0) is 18.7. The lowest BCUT2D eigenvalue weighted by atomic mass is 10.2. The molecule has 7 heteroatoms. The van der Waals surface area contributed by atoms with Gasteiger partial charge < -0.3 is 14.6 Å². The molecule has 0 bridgehead atoms. The van der Waals surface area contributed by atoms with Gasteiger partial charge in [0.2, 0.25) is 0 Å². The van der Waals surface area contributed by atoms with E-state index in [1.807, 2.05) is 24.3 Å². The second-order valence-corrected chi connectivity index (χ2v) is 9.17. The topological polar surface area (TPSA) is 72.8 Å². The third kappa shape index (κ3) is 5.73. The Balaban J connectivity index is 2.26. The first kappa shape index (κ1) is 19.8. The molecule has 2 aromatic carbocycles. The van der Waals surface area contributed by atoms with Gasteiger partial charge in [-0.3, -0.25) is 0 Å². The second-order valence-electron chi connectivity index (χ2n) is 6.30. The van der Waals surface area contributed by atoms with E-state index in [1.54, 1.807) is 19.2 Å². The van der Waals surface area contributed by atoms with Crippen molar-refractivity contribution in [3.8, 4) is 11.5 Å². The summed E-state index contributed by atoms with van der Waals surface area (Å²) < 4.78 is 36.7. The molecule has 0 atom stereocenters. The van der Waals surface area contributed by atoms with Crippen molar-refractivity contribution in [2.75, 3.05) is 12.9 Å². The van der Waals surface area contributed by atoms with Crippen LogP contribution >= 0.6 is 15.9 Å². The summed E-state index contributed by atoms with van der Waals surface area (Å²) in [6.07, 6.45) is 0. The lowest BCUT2D eigenvalue weighted by Gasteiger charge is -2.19. The number of hydrogen-bond acceptors (Lipinski definition) is 5. The van der Waals surface area contributed by atoms with E-state index in [-0.39, 0.29) is 17.3 Å². The molecule has 2 rings (SSSR count). The van der Waals surface area contributed by atoms with E-state index >= 15 is 0 Å². The van der Waals surface area contributed by atoms with Gasteiger partial charge in [0.15, 0.2) is 9.84 Å². The molecular weight excluding hydrogens is 408 g/mol. The molecule has 0 fully saturated rings. The van der Waals surface area contributed by atoms with Gasteiger partial charge in [0.25, 0.3) is 0 Å². The van der Waals surface area contributed by atoms with Crippen LogP contribution in [0.1, 0.15) is 19.4 Å². The van der Waals surface area contributed by atoms with Crippen LogP contribution in [0.15, 0.2) is 51.8 Å². The first-order chi connectivity index (χ1) is 11.6. The van der Waals surface area contributed by atoms with E-state index in [0.29, 0.717) is 4.47 Å². The minimum Gasteiger partial charge on any atom is -0.497 e. The van der Waals surface area contributed by atoms with Gasteiger partial charge >= 0.3 is 0 Å². The molecule has 0 amide bonds. The van der Waals surface area contributed by atoms with Crippen molar-refractivity contribution >= 4 is 25.8 Å². The van der Waals surface area contributed by atoms with Crippen LogP contribution in [0.4, 0.5) is 0 Å². The number of rotatable bonds is 7. The summed E-state index contributed by atoms with van der Waals surface area (Å²) in [5, 5.41) is 9.89. The van der Waals surface area contributed by atoms with Gasteiger partial charge in [-0.05, 0) is 49.7 Å². The van der Waals surface area contributed by atoms with Crippen LogP contribution in [0.2, 0.25) is 0 Å². The Labute approximate surface area is 156 Å². The van der Waals surface area contributed by atoms with Crippen LogP contribution in [-0.4, -0.2) is 32.0 Å². The van der Waals surface area contributed by atoms with E-state index in [1.165, 1.54) is 19.9 Å². The van der Waals surface area contributed by atoms with Crippen molar-refractivity contribution < 1.29 is 23.0 Å². The third-order valence-electron chi connectivity index (χ3n) is 3.34. The molecule has 0 unspecified atom stereocenters. The fourth-order valence-electron chi connectivity index (χ4n) is 2.27. The monoisotopic (exact) mass is 428 g/mol. The molecule has 0 spiro atoms. The van der Waals surface area contributed by atoms with Crippen LogP contribution in [0.5, 0.6) is 11.5 Å². The van der Waals surface area contributed by atoms with Crippen molar-refractivity contribution in [3.63, 3.8) is 0 Å². The summed E-state index contributed by atoms with van der Waals surface area (Å²) in [5.74, 6) is 0.596. The molecule has 0 saturated carbocycles. The Bertz CT molecular complexity index is 824. The maximum atomic E-state index is 12.6. The Morgan fingerprint density at radius 3 is 2.32 bits per heavy atom. The van der Waals surface area contributed by atoms with Crippen LogP contribution in [0.25, 0.3) is 0 Å². The zero-order valence-electron chi connectivity index (χ0n) is 14.3. The van der Waals surface area contributed by atoms with Gasteiger partial charge in [-0.1, -0.05) is 28.1 Å². The highest BCUT2D eigenvalue weighted by molar-refractivity contribution is 9.10. The number of aliphatic hydroxyl groups is 1. The Morgan fingerprint density at radius 2 is 1.76 bits per heavy atom. The van der Waals surface area contributed by atoms with E-state index in [9.17, 15) is 13.5 Å². The van der Waals surface area contributed by atoms with Gasteiger partial charge in [0.1, 0.15) is 23.0 Å². The quantitative estimate of drug-likeness (QED) is 0.729. The molecule has 0 aliphatic heterocycles. The lowest BCUT2D eigenvalue weighted by molar-refractivity contribution is 0.105. The summed E-state index contributed by atoms with van der Waals surface area (Å²) in [7, 11) is -2.12. The summed E-state index contributed by atoms with van der Waals surface area (Å²) in [4.78, 5) is 0.0533. The van der Waals surface area contributed by atoms with Crippen LogP contribution < -0.4 is 9.47 Å². The van der Waals surface area contributed by atoms with Crippen molar-refractivity contribution in [2.24, 2.45) is 0 Å². The second kappa shape index (κ2) is 7.76. The molecule has 2 aromatic rings. The molecule has 0 aromatic heterocycles. The SMILES string of the molecule is COc1ccc(COc2ccc(Br)cc2S(=O)(=O)CC(C)(C)O)cc1. The Morgan fingerprint density at radius 1 is 1.12 bits per heavy atom. The van der Waals surface area contributed by atoms with Gasteiger partial charge in [-0.2, -0.15) is 0 Å². The minimum absolute atomic E-state index is 0.0533. The lowest BCUT2D eigenvalue weighted by Crippen LogP contribution is -2.30. The number of methoxy groups -OCH3 is 1. The number of halogens is 1. The van der Waals surface area contributed by atoms with E-state index in [2.05, 4.69) is 15.9 Å². The molecule has 1 N–H and O–H groups in total. The predicted molar refractivity (Wildman–Crippen MR) is 99.8 cm³/mol. The number of sulfone groups is 1. The van der Waals surface area contributed by atoms with Gasteiger partial charge in [0.05, 0.1) is 18.5 Å². The summed E-state index contributed by atoms with van der Waals surface area (Å²) in [6.45, 7) is 3.14. The molecule has 0 aliphatic carbocycles.